The molecule has 2 atom stereocenters. The number of benzene rings is 4. The van der Waals surface area contributed by atoms with E-state index in [-0.39, 0.29) is 29.0 Å². The third-order valence-corrected chi connectivity index (χ3v) is 8.00. The van der Waals surface area contributed by atoms with E-state index in [9.17, 15) is 14.4 Å². The molecule has 4 bridgehead atoms. The average Bonchev–Trinajstić information content (AvgIpc) is 3.00. The van der Waals surface area contributed by atoms with Crippen molar-refractivity contribution in [2.24, 2.45) is 0 Å². The molecule has 0 spiro atoms. The Labute approximate surface area is 258 Å². The van der Waals surface area contributed by atoms with Gasteiger partial charge >= 0.3 is 5.97 Å². The molecule has 2 heterocycles. The number of ether oxygens (including phenoxy) is 2. The lowest BCUT2D eigenvalue weighted by molar-refractivity contribution is -0.143. The van der Waals surface area contributed by atoms with E-state index in [0.29, 0.717) is 27.6 Å². The first-order valence-electron chi connectivity index (χ1n) is 14.6. The van der Waals surface area contributed by atoms with E-state index in [2.05, 4.69) is 5.32 Å². The Bertz CT molecular complexity index is 2040. The molecule has 4 aromatic carbocycles. The van der Waals surface area contributed by atoms with Crippen molar-refractivity contribution in [1.82, 2.24) is 9.88 Å². The van der Waals surface area contributed by atoms with Gasteiger partial charge in [-0.05, 0) is 84.6 Å². The van der Waals surface area contributed by atoms with E-state index >= 15 is 8.78 Å². The molecule has 5 aromatic rings. The molecule has 45 heavy (non-hydrogen) atoms. The van der Waals surface area contributed by atoms with Crippen LogP contribution < -0.4 is 15.6 Å². The summed E-state index contributed by atoms with van der Waals surface area (Å²) in [5, 5.41) is 4.06. The fourth-order valence-electron chi connectivity index (χ4n) is 5.89. The molecule has 0 saturated carbocycles. The van der Waals surface area contributed by atoms with Crippen molar-refractivity contribution in [2.75, 3.05) is 6.61 Å². The lowest BCUT2D eigenvalue weighted by Crippen LogP contribution is -2.40. The molecule has 1 N–H and O–H groups in total. The quantitative estimate of drug-likeness (QED) is 0.221. The number of amides is 1. The van der Waals surface area contributed by atoms with E-state index in [1.807, 2.05) is 13.0 Å². The second-order valence-corrected chi connectivity index (χ2v) is 11.1. The molecule has 1 aliphatic heterocycles. The van der Waals surface area contributed by atoms with Crippen molar-refractivity contribution in [3.8, 4) is 22.6 Å². The number of nitrogens with one attached hydrogen (secondary N) is 1. The summed E-state index contributed by atoms with van der Waals surface area (Å²) >= 11 is 0. The molecule has 0 saturated heterocycles. The molecule has 9 heteroatoms. The van der Waals surface area contributed by atoms with Crippen molar-refractivity contribution < 1.29 is 27.8 Å². The molecule has 1 amide bonds. The first kappa shape index (κ1) is 29.7. The van der Waals surface area contributed by atoms with Crippen LogP contribution >= 0.6 is 0 Å². The minimum Gasteiger partial charge on any atom is -0.466 e. The molecular weight excluding hydrogens is 578 g/mol. The van der Waals surface area contributed by atoms with Gasteiger partial charge in [-0.15, -0.1) is 0 Å². The molecule has 6 rings (SSSR count). The van der Waals surface area contributed by atoms with Crippen LogP contribution in [0.2, 0.25) is 0 Å². The highest BCUT2D eigenvalue weighted by Crippen LogP contribution is 2.40. The van der Waals surface area contributed by atoms with Gasteiger partial charge in [0.25, 0.3) is 5.56 Å². The number of fused-ring (bicyclic) bond motifs is 7. The monoisotopic (exact) mass is 608 g/mol. The number of rotatable bonds is 4. The number of carbonyl (C=O) groups is 2. The summed E-state index contributed by atoms with van der Waals surface area (Å²) in [5.74, 6) is -2.22. The number of aromatic nitrogens is 1. The van der Waals surface area contributed by atoms with Gasteiger partial charge in [-0.3, -0.25) is 19.0 Å². The molecule has 0 fully saturated rings. The van der Waals surface area contributed by atoms with Crippen molar-refractivity contribution in [2.45, 2.75) is 39.3 Å². The number of nitrogens with zero attached hydrogens (tertiary/aromatic N) is 1. The van der Waals surface area contributed by atoms with Crippen LogP contribution in [0.4, 0.5) is 8.78 Å². The topological polar surface area (TPSA) is 86.6 Å². The Hall–Kier alpha value is -5.31. The second kappa shape index (κ2) is 12.0. The van der Waals surface area contributed by atoms with Crippen LogP contribution in [0, 0.1) is 25.5 Å². The maximum Gasteiger partial charge on any atom is 0.308 e. The van der Waals surface area contributed by atoms with Gasteiger partial charge in [-0.2, -0.15) is 0 Å². The summed E-state index contributed by atoms with van der Waals surface area (Å²) in [6, 6.07) is 18.4. The maximum absolute atomic E-state index is 16.0. The normalized spacial score (nSPS) is 16.0. The third-order valence-electron chi connectivity index (χ3n) is 8.00. The fourth-order valence-corrected chi connectivity index (χ4v) is 5.89. The summed E-state index contributed by atoms with van der Waals surface area (Å²) in [6.45, 7) is 5.20. The Kier molecular flexibility index (Phi) is 7.93. The minimum absolute atomic E-state index is 0.0386. The first-order chi connectivity index (χ1) is 21.6. The molecule has 1 aromatic heterocycles. The molecule has 0 aliphatic carbocycles. The van der Waals surface area contributed by atoms with Crippen LogP contribution in [0.25, 0.3) is 21.9 Å². The first-order valence-corrected chi connectivity index (χ1v) is 14.6. The fraction of sp³-hybridized carbons (Fsp3) is 0.194. The zero-order chi connectivity index (χ0) is 31.8. The summed E-state index contributed by atoms with van der Waals surface area (Å²) in [5.41, 5.74) is 1.71. The summed E-state index contributed by atoms with van der Waals surface area (Å²) in [4.78, 5) is 40.6. The van der Waals surface area contributed by atoms with E-state index in [1.165, 1.54) is 30.5 Å². The molecule has 7 nitrogen and oxygen atoms in total. The highest BCUT2D eigenvalue weighted by molar-refractivity contribution is 5.87. The summed E-state index contributed by atoms with van der Waals surface area (Å²) in [7, 11) is 0. The van der Waals surface area contributed by atoms with Gasteiger partial charge in [0.15, 0.2) is 0 Å². The van der Waals surface area contributed by atoms with Gasteiger partial charge < -0.3 is 14.8 Å². The number of hydrogen-bond donors (Lipinski definition) is 1. The predicted octanol–water partition coefficient (Wildman–Crippen LogP) is 7.07. The van der Waals surface area contributed by atoms with E-state index < -0.39 is 47.6 Å². The Morgan fingerprint density at radius 1 is 0.911 bits per heavy atom. The highest BCUT2D eigenvalue weighted by atomic mass is 19.1. The van der Waals surface area contributed by atoms with Gasteiger partial charge in [-0.1, -0.05) is 36.4 Å². The summed E-state index contributed by atoms with van der Waals surface area (Å²) in [6.07, 6.45) is 1.08. The van der Waals surface area contributed by atoms with E-state index in [4.69, 9.17) is 9.47 Å². The number of aryl methyl sites for hydroxylation is 2. The zero-order valence-corrected chi connectivity index (χ0v) is 24.9. The maximum atomic E-state index is 16.0. The van der Waals surface area contributed by atoms with Crippen molar-refractivity contribution >= 4 is 22.6 Å². The molecule has 0 radical (unpaired) electrons. The van der Waals surface area contributed by atoms with Gasteiger partial charge in [0.1, 0.15) is 29.2 Å². The lowest BCUT2D eigenvalue weighted by atomic mass is 9.92. The number of halogens is 2. The van der Waals surface area contributed by atoms with Crippen molar-refractivity contribution in [3.05, 3.63) is 129 Å². The predicted molar refractivity (Wildman–Crippen MR) is 166 cm³/mol. The van der Waals surface area contributed by atoms with Gasteiger partial charge in [0, 0.05) is 29.0 Å². The van der Waals surface area contributed by atoms with Crippen molar-refractivity contribution in [3.63, 3.8) is 0 Å². The highest BCUT2D eigenvalue weighted by Gasteiger charge is 2.32. The molecular formula is C36H30F2N2O5. The van der Waals surface area contributed by atoms with Crippen LogP contribution in [0.5, 0.6) is 11.5 Å². The van der Waals surface area contributed by atoms with Crippen LogP contribution in [-0.2, 0) is 14.3 Å². The van der Waals surface area contributed by atoms with Gasteiger partial charge in [0.2, 0.25) is 5.91 Å². The number of esters is 1. The molecule has 1 aliphatic rings. The third kappa shape index (κ3) is 5.69. The molecule has 0 unspecified atom stereocenters. The van der Waals surface area contributed by atoms with E-state index in [0.717, 1.165) is 10.1 Å². The van der Waals surface area contributed by atoms with Crippen LogP contribution in [-0.4, -0.2) is 23.1 Å². The molecule has 228 valence electrons. The zero-order valence-electron chi connectivity index (χ0n) is 24.9. The number of carbonyl (C=O) groups excluding carboxylic acids is 2. The minimum atomic E-state index is -1.54. The smallest absolute Gasteiger partial charge is 0.308 e. The number of hydrogen-bond acceptors (Lipinski definition) is 5. The number of pyridine rings is 1. The van der Waals surface area contributed by atoms with Crippen LogP contribution in [0.15, 0.2) is 89.9 Å². The Morgan fingerprint density at radius 2 is 1.69 bits per heavy atom. The standard InChI is InChI=1S/C36H30F2N2O5/c1-4-44-32(42)18-29-27-15-24(14-21(3)34(27)38)33-20(2)8-7-11-30(33)45-25-12-13-28(37)26(17-25)35(36(43)39-29)40-19-23-10-6-5-9-22(23)16-31(40)41/h5-17,19,29,35H,4,18H2,1-3H3,(H,39,43)/t29-,35+/m0/s1. The van der Waals surface area contributed by atoms with E-state index in [1.54, 1.807) is 62.4 Å². The van der Waals surface area contributed by atoms with Crippen LogP contribution in [0.3, 0.4) is 0 Å². The van der Waals surface area contributed by atoms with Gasteiger partial charge in [0.05, 0.1) is 19.1 Å². The SMILES string of the molecule is CCOC(=O)C[C@@H]1NC(=O)[C@H](n2cc3ccccc3cc2=O)c2cc(ccc2F)Oc2cccc(C)c2-c2cc(C)c(F)c1c2. The Balaban J connectivity index is 1.64. The Morgan fingerprint density at radius 3 is 2.47 bits per heavy atom. The largest absolute Gasteiger partial charge is 0.466 e. The summed E-state index contributed by atoms with van der Waals surface area (Å²) < 4.78 is 44.3. The second-order valence-electron chi connectivity index (χ2n) is 11.1. The van der Waals surface area contributed by atoms with Crippen molar-refractivity contribution in [1.29, 1.82) is 0 Å². The average molecular weight is 609 g/mol. The van der Waals surface area contributed by atoms with Gasteiger partial charge in [-0.25, -0.2) is 8.78 Å². The lowest BCUT2D eigenvalue weighted by Gasteiger charge is -2.26. The van der Waals surface area contributed by atoms with Crippen LogP contribution in [0.1, 0.15) is 47.7 Å².